The highest BCUT2D eigenvalue weighted by atomic mass is 32.1. The zero-order valence-electron chi connectivity index (χ0n) is 9.49. The summed E-state index contributed by atoms with van der Waals surface area (Å²) < 4.78 is 0. The van der Waals surface area contributed by atoms with Crippen molar-refractivity contribution in [2.24, 2.45) is 5.92 Å². The lowest BCUT2D eigenvalue weighted by molar-refractivity contribution is 0.530. The van der Waals surface area contributed by atoms with Gasteiger partial charge in [0, 0.05) is 6.42 Å². The molecule has 1 fully saturated rings. The second-order valence-electron chi connectivity index (χ2n) is 4.20. The van der Waals surface area contributed by atoms with Crippen molar-refractivity contribution in [2.45, 2.75) is 45.6 Å². The summed E-state index contributed by atoms with van der Waals surface area (Å²) in [4.78, 5) is 0. The van der Waals surface area contributed by atoms with E-state index in [2.05, 4.69) is 29.4 Å². The first-order valence-corrected chi connectivity index (χ1v) is 6.70. The lowest BCUT2D eigenvalue weighted by atomic mass is 10.2. The molecule has 0 bridgehead atoms. The second kappa shape index (κ2) is 5.03. The number of nitrogens with zero attached hydrogens (tertiary/aromatic N) is 2. The second-order valence-corrected chi connectivity index (χ2v) is 5.29. The summed E-state index contributed by atoms with van der Waals surface area (Å²) in [6.07, 6.45) is 5.02. The highest BCUT2D eigenvalue weighted by molar-refractivity contribution is 7.11. The van der Waals surface area contributed by atoms with Gasteiger partial charge in [-0.1, -0.05) is 25.2 Å². The molecule has 84 valence electrons. The average molecular weight is 225 g/mol. The molecule has 1 aliphatic rings. The molecular formula is C11H19N3S. The Balaban J connectivity index is 1.96. The van der Waals surface area contributed by atoms with Crippen molar-refractivity contribution in [3.05, 3.63) is 10.0 Å². The molecule has 4 heteroatoms. The van der Waals surface area contributed by atoms with Gasteiger partial charge in [0.25, 0.3) is 0 Å². The largest absolute Gasteiger partial charge is 0.308 e. The fourth-order valence-electron chi connectivity index (χ4n) is 1.71. The molecule has 0 amide bonds. The molecule has 1 aromatic heterocycles. The first-order valence-electron chi connectivity index (χ1n) is 5.89. The van der Waals surface area contributed by atoms with Crippen molar-refractivity contribution in [2.75, 3.05) is 6.54 Å². The van der Waals surface area contributed by atoms with E-state index in [1.807, 2.05) is 0 Å². The highest BCUT2D eigenvalue weighted by Crippen LogP contribution is 2.34. The Labute approximate surface area is 95.3 Å². The molecule has 0 aromatic carbocycles. The van der Waals surface area contributed by atoms with Gasteiger partial charge >= 0.3 is 0 Å². The normalized spacial score (nSPS) is 18.0. The molecule has 15 heavy (non-hydrogen) atoms. The Morgan fingerprint density at radius 1 is 1.40 bits per heavy atom. The Morgan fingerprint density at radius 3 is 2.80 bits per heavy atom. The van der Waals surface area contributed by atoms with Crippen molar-refractivity contribution < 1.29 is 0 Å². The predicted octanol–water partition coefficient (Wildman–Crippen LogP) is 2.55. The summed E-state index contributed by atoms with van der Waals surface area (Å²) in [5.74, 6) is 0.907. The van der Waals surface area contributed by atoms with E-state index in [4.69, 9.17) is 0 Å². The molecule has 2 rings (SSSR count). The minimum atomic E-state index is 0.403. The Morgan fingerprint density at radius 2 is 2.20 bits per heavy atom. The molecule has 1 heterocycles. The summed E-state index contributed by atoms with van der Waals surface area (Å²) in [5.41, 5.74) is 0. The molecule has 0 saturated heterocycles. The molecule has 1 N–H and O–H groups in total. The zero-order valence-corrected chi connectivity index (χ0v) is 10.3. The summed E-state index contributed by atoms with van der Waals surface area (Å²) in [6, 6.07) is 0.403. The minimum Gasteiger partial charge on any atom is -0.308 e. The van der Waals surface area contributed by atoms with E-state index in [1.54, 1.807) is 11.3 Å². The zero-order chi connectivity index (χ0) is 10.7. The van der Waals surface area contributed by atoms with Crippen LogP contribution in [0, 0.1) is 5.92 Å². The van der Waals surface area contributed by atoms with Crippen LogP contribution in [0.3, 0.4) is 0 Å². The molecule has 1 unspecified atom stereocenters. The average Bonchev–Trinajstić information content (AvgIpc) is 2.92. The van der Waals surface area contributed by atoms with Crippen LogP contribution >= 0.6 is 11.3 Å². The maximum Gasteiger partial charge on any atom is 0.134 e. The molecule has 3 nitrogen and oxygen atoms in total. The van der Waals surface area contributed by atoms with E-state index in [0.717, 1.165) is 30.3 Å². The topological polar surface area (TPSA) is 37.8 Å². The molecule has 1 aliphatic carbocycles. The molecule has 0 radical (unpaired) electrons. The predicted molar refractivity (Wildman–Crippen MR) is 63.0 cm³/mol. The third-order valence-corrected chi connectivity index (χ3v) is 3.86. The number of aromatic nitrogens is 2. The van der Waals surface area contributed by atoms with E-state index >= 15 is 0 Å². The van der Waals surface area contributed by atoms with Gasteiger partial charge < -0.3 is 5.32 Å². The Kier molecular flexibility index (Phi) is 3.70. The summed E-state index contributed by atoms with van der Waals surface area (Å²) in [7, 11) is 0. The van der Waals surface area contributed by atoms with Crippen LogP contribution in [-0.4, -0.2) is 16.7 Å². The maximum absolute atomic E-state index is 4.29. The summed E-state index contributed by atoms with van der Waals surface area (Å²) >= 11 is 1.79. The summed E-state index contributed by atoms with van der Waals surface area (Å²) in [6.45, 7) is 5.32. The maximum atomic E-state index is 4.29. The van der Waals surface area contributed by atoms with E-state index < -0.39 is 0 Å². The highest BCUT2D eigenvalue weighted by Gasteiger charge is 2.24. The van der Waals surface area contributed by atoms with E-state index in [1.165, 1.54) is 17.8 Å². The van der Waals surface area contributed by atoms with Gasteiger partial charge in [-0.2, -0.15) is 0 Å². The van der Waals surface area contributed by atoms with Crippen LogP contribution in [0.4, 0.5) is 0 Å². The molecule has 1 aromatic rings. The van der Waals surface area contributed by atoms with Crippen LogP contribution in [0.25, 0.3) is 0 Å². The molecular weight excluding hydrogens is 206 g/mol. The Bertz CT molecular complexity index is 307. The van der Waals surface area contributed by atoms with Gasteiger partial charge in [0.2, 0.25) is 0 Å². The van der Waals surface area contributed by atoms with E-state index in [-0.39, 0.29) is 0 Å². The van der Waals surface area contributed by atoms with Crippen LogP contribution in [0.2, 0.25) is 0 Å². The van der Waals surface area contributed by atoms with E-state index in [9.17, 15) is 0 Å². The quantitative estimate of drug-likeness (QED) is 0.808. The van der Waals surface area contributed by atoms with Crippen LogP contribution in [-0.2, 0) is 6.42 Å². The van der Waals surface area contributed by atoms with Crippen LogP contribution < -0.4 is 5.32 Å². The van der Waals surface area contributed by atoms with Gasteiger partial charge in [-0.15, -0.1) is 10.2 Å². The third kappa shape index (κ3) is 2.98. The number of rotatable bonds is 6. The fourth-order valence-corrected chi connectivity index (χ4v) is 2.83. The smallest absolute Gasteiger partial charge is 0.134 e. The van der Waals surface area contributed by atoms with Gasteiger partial charge in [-0.3, -0.25) is 0 Å². The van der Waals surface area contributed by atoms with Crippen molar-refractivity contribution in [1.82, 2.24) is 15.5 Å². The summed E-state index contributed by atoms with van der Waals surface area (Å²) in [5, 5.41) is 14.4. The van der Waals surface area contributed by atoms with Crippen LogP contribution in [0.5, 0.6) is 0 Å². The van der Waals surface area contributed by atoms with Crippen LogP contribution in [0.1, 0.15) is 49.2 Å². The van der Waals surface area contributed by atoms with Gasteiger partial charge in [0.1, 0.15) is 10.0 Å². The first-order chi connectivity index (χ1) is 7.33. The lowest BCUT2D eigenvalue weighted by Crippen LogP contribution is -2.19. The molecule has 1 saturated carbocycles. The SMILES string of the molecule is CCNC(CC)c1nnc(CC2CC2)s1. The van der Waals surface area contributed by atoms with Crippen molar-refractivity contribution in [3.8, 4) is 0 Å². The van der Waals surface area contributed by atoms with Gasteiger partial charge in [-0.25, -0.2) is 0 Å². The van der Waals surface area contributed by atoms with Gasteiger partial charge in [0.05, 0.1) is 6.04 Å². The van der Waals surface area contributed by atoms with Crippen molar-refractivity contribution in [3.63, 3.8) is 0 Å². The minimum absolute atomic E-state index is 0.403. The molecule has 0 aliphatic heterocycles. The first kappa shape index (κ1) is 11.0. The van der Waals surface area contributed by atoms with Gasteiger partial charge in [0.15, 0.2) is 0 Å². The van der Waals surface area contributed by atoms with Gasteiger partial charge in [-0.05, 0) is 31.7 Å². The molecule has 0 spiro atoms. The van der Waals surface area contributed by atoms with Crippen molar-refractivity contribution >= 4 is 11.3 Å². The van der Waals surface area contributed by atoms with Crippen molar-refractivity contribution in [1.29, 1.82) is 0 Å². The number of nitrogens with one attached hydrogen (secondary N) is 1. The van der Waals surface area contributed by atoms with E-state index in [0.29, 0.717) is 6.04 Å². The third-order valence-electron chi connectivity index (χ3n) is 2.80. The van der Waals surface area contributed by atoms with Crippen LogP contribution in [0.15, 0.2) is 0 Å². The monoisotopic (exact) mass is 225 g/mol. The number of hydrogen-bond acceptors (Lipinski definition) is 4. The standard InChI is InChI=1S/C11H19N3S/c1-3-9(12-4-2)11-14-13-10(15-11)7-8-5-6-8/h8-9,12H,3-7H2,1-2H3. The number of hydrogen-bond donors (Lipinski definition) is 1. The fraction of sp³-hybridized carbons (Fsp3) is 0.818. The molecule has 1 atom stereocenters. The Hall–Kier alpha value is -0.480. The lowest BCUT2D eigenvalue weighted by Gasteiger charge is -2.10.